The van der Waals surface area contributed by atoms with E-state index < -0.39 is 10.9 Å². The molecular weight excluding hydrogens is 265 g/mol. The van der Waals surface area contributed by atoms with Crippen LogP contribution >= 0.6 is 0 Å². The van der Waals surface area contributed by atoms with Crippen molar-refractivity contribution in [3.8, 4) is 0 Å². The summed E-state index contributed by atoms with van der Waals surface area (Å²) in [6, 6.07) is 0.0969. The van der Waals surface area contributed by atoms with Crippen molar-refractivity contribution in [2.45, 2.75) is 26.3 Å². The van der Waals surface area contributed by atoms with E-state index in [-0.39, 0.29) is 11.9 Å². The van der Waals surface area contributed by atoms with Gasteiger partial charge < -0.3 is 14.5 Å². The number of rotatable bonds is 3. The average Bonchev–Trinajstić information content (AvgIpc) is 2.79. The quantitative estimate of drug-likeness (QED) is 0.449. The molecule has 0 aromatic rings. The van der Waals surface area contributed by atoms with Crippen molar-refractivity contribution in [2.75, 3.05) is 33.4 Å². The van der Waals surface area contributed by atoms with E-state index in [1.165, 1.54) is 0 Å². The molecule has 0 aromatic carbocycles. The lowest BCUT2D eigenvalue weighted by Crippen LogP contribution is -2.49. The van der Waals surface area contributed by atoms with Crippen molar-refractivity contribution in [3.63, 3.8) is 0 Å². The van der Waals surface area contributed by atoms with E-state index in [2.05, 4.69) is 6.92 Å². The Morgan fingerprint density at radius 2 is 2.20 bits per heavy atom. The second-order valence-electron chi connectivity index (χ2n) is 5.86. The van der Waals surface area contributed by atoms with Crippen LogP contribution in [-0.2, 0) is 4.74 Å². The number of ether oxygens (including phenoxy) is 1. The van der Waals surface area contributed by atoms with Gasteiger partial charge in [-0.3, -0.25) is 10.1 Å². The standard InChI is InChI=1S/C13H22FN3O3/c1-9-7-20-8-11(9)6-16-10(2)4-5-15(3)13(16)12(14)17(18)19/h9-11H,4-8H2,1-3H3. The number of hydrogen-bond donors (Lipinski definition) is 0. The molecule has 6 nitrogen and oxygen atoms in total. The predicted molar refractivity (Wildman–Crippen MR) is 72.0 cm³/mol. The zero-order chi connectivity index (χ0) is 14.9. The van der Waals surface area contributed by atoms with Gasteiger partial charge in [0.15, 0.2) is 0 Å². The highest BCUT2D eigenvalue weighted by molar-refractivity contribution is 5.06. The van der Waals surface area contributed by atoms with E-state index in [1.807, 2.05) is 11.8 Å². The van der Waals surface area contributed by atoms with Crippen LogP contribution in [0.1, 0.15) is 20.3 Å². The van der Waals surface area contributed by atoms with Gasteiger partial charge in [0.1, 0.15) is 0 Å². The molecule has 0 aromatic heterocycles. The fraction of sp³-hybridized carbons (Fsp3) is 0.846. The van der Waals surface area contributed by atoms with Crippen LogP contribution in [0, 0.1) is 22.0 Å². The SMILES string of the molecule is CC1COCC1CN1C(=C(F)[N+](=O)[O-])N(C)CCC1C. The summed E-state index contributed by atoms with van der Waals surface area (Å²) in [5, 5.41) is 10.8. The van der Waals surface area contributed by atoms with Gasteiger partial charge in [-0.05, 0) is 19.3 Å². The van der Waals surface area contributed by atoms with Crippen LogP contribution in [0.4, 0.5) is 4.39 Å². The summed E-state index contributed by atoms with van der Waals surface area (Å²) < 4.78 is 19.4. The first-order valence-electron chi connectivity index (χ1n) is 7.01. The third-order valence-electron chi connectivity index (χ3n) is 4.34. The molecule has 3 atom stereocenters. The van der Waals surface area contributed by atoms with E-state index >= 15 is 0 Å². The summed E-state index contributed by atoms with van der Waals surface area (Å²) in [5.41, 5.74) is 0. The fourth-order valence-corrected chi connectivity index (χ4v) is 2.89. The lowest BCUT2D eigenvalue weighted by atomic mass is 9.96. The first-order valence-corrected chi connectivity index (χ1v) is 7.01. The topological polar surface area (TPSA) is 58.9 Å². The predicted octanol–water partition coefficient (Wildman–Crippen LogP) is 1.67. The van der Waals surface area contributed by atoms with Crippen molar-refractivity contribution < 1.29 is 14.1 Å². The second-order valence-corrected chi connectivity index (χ2v) is 5.86. The van der Waals surface area contributed by atoms with E-state index in [0.717, 1.165) is 6.42 Å². The van der Waals surface area contributed by atoms with Crippen molar-refractivity contribution in [1.29, 1.82) is 0 Å². The van der Waals surface area contributed by atoms with Crippen LogP contribution in [0.15, 0.2) is 11.8 Å². The number of nitrogens with zero attached hydrogens (tertiary/aromatic N) is 3. The molecule has 0 aliphatic carbocycles. The maximum Gasteiger partial charge on any atom is 0.460 e. The average molecular weight is 287 g/mol. The first kappa shape index (κ1) is 15.0. The summed E-state index contributed by atoms with van der Waals surface area (Å²) in [6.07, 6.45) is 0.868. The molecule has 2 fully saturated rings. The van der Waals surface area contributed by atoms with Gasteiger partial charge in [-0.2, -0.15) is 0 Å². The van der Waals surface area contributed by atoms with Gasteiger partial charge in [0, 0.05) is 38.7 Å². The van der Waals surface area contributed by atoms with Gasteiger partial charge in [-0.25, -0.2) is 0 Å². The molecule has 2 saturated heterocycles. The molecule has 7 heteroatoms. The smallest absolute Gasteiger partial charge is 0.381 e. The minimum absolute atomic E-state index is 0.0969. The number of hydrogen-bond acceptors (Lipinski definition) is 5. The molecular formula is C13H22FN3O3. The van der Waals surface area contributed by atoms with Crippen LogP contribution in [0.3, 0.4) is 0 Å². The minimum Gasteiger partial charge on any atom is -0.381 e. The van der Waals surface area contributed by atoms with Gasteiger partial charge in [0.2, 0.25) is 5.82 Å². The zero-order valence-corrected chi connectivity index (χ0v) is 12.2. The number of halogens is 1. The van der Waals surface area contributed by atoms with E-state index in [4.69, 9.17) is 4.74 Å². The van der Waals surface area contributed by atoms with Gasteiger partial charge in [-0.1, -0.05) is 6.92 Å². The molecule has 0 saturated carbocycles. The highest BCUT2D eigenvalue weighted by Crippen LogP contribution is 2.30. The first-order chi connectivity index (χ1) is 9.41. The molecule has 20 heavy (non-hydrogen) atoms. The van der Waals surface area contributed by atoms with Crippen molar-refractivity contribution >= 4 is 0 Å². The molecule has 0 amide bonds. The Labute approximate surface area is 118 Å². The molecule has 2 aliphatic heterocycles. The third-order valence-corrected chi connectivity index (χ3v) is 4.34. The molecule has 2 heterocycles. The molecule has 114 valence electrons. The van der Waals surface area contributed by atoms with Gasteiger partial charge in [0.25, 0.3) is 0 Å². The Balaban J connectivity index is 2.24. The van der Waals surface area contributed by atoms with E-state index in [0.29, 0.717) is 38.1 Å². The normalized spacial score (nSPS) is 33.5. The Morgan fingerprint density at radius 3 is 2.75 bits per heavy atom. The molecule has 0 bridgehead atoms. The fourth-order valence-electron chi connectivity index (χ4n) is 2.89. The van der Waals surface area contributed by atoms with Gasteiger partial charge in [0.05, 0.1) is 11.5 Å². The van der Waals surface area contributed by atoms with Crippen molar-refractivity contribution in [1.82, 2.24) is 9.80 Å². The van der Waals surface area contributed by atoms with Crippen molar-refractivity contribution in [2.24, 2.45) is 11.8 Å². The summed E-state index contributed by atoms with van der Waals surface area (Å²) in [5.74, 6) is -0.466. The Bertz CT molecular complexity index is 416. The molecule has 0 spiro atoms. The monoisotopic (exact) mass is 287 g/mol. The Morgan fingerprint density at radius 1 is 1.50 bits per heavy atom. The molecule has 0 N–H and O–H groups in total. The lowest BCUT2D eigenvalue weighted by Gasteiger charge is -2.42. The molecule has 0 radical (unpaired) electrons. The molecule has 3 unspecified atom stereocenters. The van der Waals surface area contributed by atoms with Crippen molar-refractivity contribution in [3.05, 3.63) is 21.9 Å². The zero-order valence-electron chi connectivity index (χ0n) is 12.2. The minimum atomic E-state index is -1.26. The maximum atomic E-state index is 13.9. The van der Waals surface area contributed by atoms with Crippen LogP contribution in [0.5, 0.6) is 0 Å². The summed E-state index contributed by atoms with van der Waals surface area (Å²) in [6.45, 7) is 6.67. The summed E-state index contributed by atoms with van der Waals surface area (Å²) in [7, 11) is 1.70. The highest BCUT2D eigenvalue weighted by atomic mass is 19.1. The van der Waals surface area contributed by atoms with Crippen LogP contribution in [-0.4, -0.2) is 54.1 Å². The number of nitro groups is 1. The Hall–Kier alpha value is -1.37. The van der Waals surface area contributed by atoms with Crippen LogP contribution < -0.4 is 0 Å². The van der Waals surface area contributed by atoms with Gasteiger partial charge >= 0.3 is 5.95 Å². The van der Waals surface area contributed by atoms with E-state index in [1.54, 1.807) is 11.9 Å². The molecule has 2 rings (SSSR count). The molecule has 2 aliphatic rings. The van der Waals surface area contributed by atoms with Gasteiger partial charge in [-0.15, -0.1) is 4.39 Å². The van der Waals surface area contributed by atoms with Crippen LogP contribution in [0.2, 0.25) is 0 Å². The lowest BCUT2D eigenvalue weighted by molar-refractivity contribution is -0.451. The highest BCUT2D eigenvalue weighted by Gasteiger charge is 2.37. The second kappa shape index (κ2) is 5.95. The Kier molecular flexibility index (Phi) is 4.47. The summed E-state index contributed by atoms with van der Waals surface area (Å²) >= 11 is 0. The van der Waals surface area contributed by atoms with E-state index in [9.17, 15) is 14.5 Å². The maximum absolute atomic E-state index is 13.9. The van der Waals surface area contributed by atoms with Crippen LogP contribution in [0.25, 0.3) is 0 Å². The largest absolute Gasteiger partial charge is 0.460 e. The summed E-state index contributed by atoms with van der Waals surface area (Å²) in [4.78, 5) is 13.3. The third kappa shape index (κ3) is 2.87.